The van der Waals surface area contributed by atoms with Gasteiger partial charge in [-0.15, -0.1) is 24.0 Å². The van der Waals surface area contributed by atoms with Crippen molar-refractivity contribution in [1.29, 1.82) is 0 Å². The molecule has 0 aliphatic carbocycles. The Balaban J connectivity index is 0.00000400. The van der Waals surface area contributed by atoms with E-state index in [-0.39, 0.29) is 29.6 Å². The number of halogens is 1. The Morgan fingerprint density at radius 3 is 2.38 bits per heavy atom. The minimum atomic E-state index is -0.200. The molecule has 0 saturated heterocycles. The van der Waals surface area contributed by atoms with E-state index in [2.05, 4.69) is 56.3 Å². The third-order valence-corrected chi connectivity index (χ3v) is 2.48. The van der Waals surface area contributed by atoms with Gasteiger partial charge in [0.25, 0.3) is 0 Å². The monoisotopic (exact) mass is 405 g/mol. The van der Waals surface area contributed by atoms with Crippen molar-refractivity contribution in [1.82, 2.24) is 10.6 Å². The van der Waals surface area contributed by atoms with Gasteiger partial charge in [0.15, 0.2) is 5.96 Å². The summed E-state index contributed by atoms with van der Waals surface area (Å²) < 4.78 is 5.98. The zero-order valence-corrected chi connectivity index (χ0v) is 16.2. The average molecular weight is 405 g/mol. The lowest BCUT2D eigenvalue weighted by atomic mass is 10.1. The van der Waals surface area contributed by atoms with Gasteiger partial charge in [-0.05, 0) is 40.7 Å². The van der Waals surface area contributed by atoms with Crippen LogP contribution >= 0.6 is 24.0 Å². The fraction of sp³-hybridized carbons (Fsp3) is 0.562. The van der Waals surface area contributed by atoms with Gasteiger partial charge in [0, 0.05) is 25.2 Å². The molecule has 0 amide bonds. The molecule has 0 atom stereocenters. The van der Waals surface area contributed by atoms with Crippen LogP contribution in [0.15, 0.2) is 29.3 Å². The van der Waals surface area contributed by atoms with Crippen molar-refractivity contribution in [2.45, 2.75) is 52.8 Å². The van der Waals surface area contributed by atoms with Crippen molar-refractivity contribution in [2.24, 2.45) is 4.99 Å². The molecule has 1 rings (SSSR count). The Labute approximate surface area is 145 Å². The normalized spacial score (nSPS) is 11.9. The molecule has 0 aromatic heterocycles. The van der Waals surface area contributed by atoms with E-state index >= 15 is 0 Å². The summed E-state index contributed by atoms with van der Waals surface area (Å²) in [7, 11) is 1.77. The van der Waals surface area contributed by atoms with Crippen LogP contribution in [0.5, 0.6) is 5.75 Å². The fourth-order valence-corrected chi connectivity index (χ4v) is 1.73. The van der Waals surface area contributed by atoms with Crippen LogP contribution in [0.1, 0.15) is 40.2 Å². The Morgan fingerprint density at radius 1 is 1.24 bits per heavy atom. The van der Waals surface area contributed by atoms with Crippen LogP contribution in [-0.2, 0) is 6.54 Å². The Kier molecular flexibility index (Phi) is 8.70. The minimum absolute atomic E-state index is 0. The quantitative estimate of drug-likeness (QED) is 0.458. The average Bonchev–Trinajstić information content (AvgIpc) is 2.33. The highest BCUT2D eigenvalue weighted by molar-refractivity contribution is 14.0. The number of rotatable bonds is 4. The number of ether oxygens (including phenoxy) is 1. The molecular formula is C16H28IN3O. The van der Waals surface area contributed by atoms with Gasteiger partial charge in [-0.1, -0.05) is 18.2 Å². The second kappa shape index (κ2) is 9.12. The molecule has 5 heteroatoms. The van der Waals surface area contributed by atoms with Gasteiger partial charge in [-0.2, -0.15) is 0 Å². The second-order valence-corrected chi connectivity index (χ2v) is 6.05. The van der Waals surface area contributed by atoms with Crippen LogP contribution in [-0.4, -0.2) is 24.7 Å². The zero-order valence-electron chi connectivity index (χ0n) is 13.9. The number of nitrogens with one attached hydrogen (secondary N) is 2. The van der Waals surface area contributed by atoms with E-state index in [0.717, 1.165) is 17.3 Å². The van der Waals surface area contributed by atoms with E-state index in [9.17, 15) is 0 Å². The number of para-hydroxylation sites is 1. The number of aliphatic imine (C=N–C) groups is 1. The van der Waals surface area contributed by atoms with Crippen molar-refractivity contribution in [2.75, 3.05) is 7.05 Å². The lowest BCUT2D eigenvalue weighted by Gasteiger charge is -2.23. The van der Waals surface area contributed by atoms with Crippen molar-refractivity contribution in [3.05, 3.63) is 29.8 Å². The predicted octanol–water partition coefficient (Wildman–Crippen LogP) is 3.56. The molecule has 0 heterocycles. The van der Waals surface area contributed by atoms with E-state index < -0.39 is 0 Å². The van der Waals surface area contributed by atoms with Crippen molar-refractivity contribution in [3.63, 3.8) is 0 Å². The van der Waals surface area contributed by atoms with Gasteiger partial charge >= 0.3 is 0 Å². The standard InChI is InChI=1S/C16H27N3O.HI/c1-12(2)19-15(17-6)18-11-13-9-7-8-10-14(13)20-16(3,4)5;/h7-10,12H,11H2,1-6H3,(H2,17,18,19);1H. The smallest absolute Gasteiger partial charge is 0.191 e. The zero-order chi connectivity index (χ0) is 15.2. The number of hydrogen-bond acceptors (Lipinski definition) is 2. The molecule has 4 nitrogen and oxygen atoms in total. The van der Waals surface area contributed by atoms with Crippen LogP contribution in [0.4, 0.5) is 0 Å². The summed E-state index contributed by atoms with van der Waals surface area (Å²) in [5.41, 5.74) is 0.919. The molecule has 2 N–H and O–H groups in total. The molecule has 0 fully saturated rings. The highest BCUT2D eigenvalue weighted by Crippen LogP contribution is 2.22. The summed E-state index contributed by atoms with van der Waals surface area (Å²) in [4.78, 5) is 4.20. The SMILES string of the molecule is CN=C(NCc1ccccc1OC(C)(C)C)NC(C)C.I. The molecule has 21 heavy (non-hydrogen) atoms. The first-order chi connectivity index (χ1) is 9.31. The predicted molar refractivity (Wildman–Crippen MR) is 101 cm³/mol. The topological polar surface area (TPSA) is 45.7 Å². The van der Waals surface area contributed by atoms with Crippen molar-refractivity contribution < 1.29 is 4.74 Å². The minimum Gasteiger partial charge on any atom is -0.488 e. The molecule has 0 unspecified atom stereocenters. The Morgan fingerprint density at radius 2 is 1.86 bits per heavy atom. The van der Waals surface area contributed by atoms with E-state index in [1.54, 1.807) is 7.05 Å². The number of hydrogen-bond donors (Lipinski definition) is 2. The maximum atomic E-state index is 5.98. The summed E-state index contributed by atoms with van der Waals surface area (Å²) in [6.45, 7) is 11.0. The van der Waals surface area contributed by atoms with E-state index in [0.29, 0.717) is 12.6 Å². The van der Waals surface area contributed by atoms with Gasteiger partial charge in [-0.3, -0.25) is 4.99 Å². The van der Waals surface area contributed by atoms with E-state index in [4.69, 9.17) is 4.74 Å². The molecule has 0 saturated carbocycles. The lowest BCUT2D eigenvalue weighted by Crippen LogP contribution is -2.40. The summed E-state index contributed by atoms with van der Waals surface area (Å²) in [5, 5.41) is 6.57. The lowest BCUT2D eigenvalue weighted by molar-refractivity contribution is 0.129. The summed E-state index contributed by atoms with van der Waals surface area (Å²) in [6.07, 6.45) is 0. The van der Waals surface area contributed by atoms with Crippen LogP contribution in [0.3, 0.4) is 0 Å². The van der Waals surface area contributed by atoms with Crippen molar-refractivity contribution in [3.8, 4) is 5.75 Å². The molecule has 0 radical (unpaired) electrons. The summed E-state index contributed by atoms with van der Waals surface area (Å²) in [6, 6.07) is 8.43. The number of guanidine groups is 1. The molecule has 0 spiro atoms. The molecule has 0 bridgehead atoms. The van der Waals surface area contributed by atoms with E-state index in [1.165, 1.54) is 0 Å². The highest BCUT2D eigenvalue weighted by atomic mass is 127. The molecule has 0 aliphatic heterocycles. The first-order valence-electron chi connectivity index (χ1n) is 7.06. The van der Waals surface area contributed by atoms with Crippen LogP contribution in [0.2, 0.25) is 0 Å². The van der Waals surface area contributed by atoms with Gasteiger partial charge < -0.3 is 15.4 Å². The number of nitrogens with zero attached hydrogens (tertiary/aromatic N) is 1. The summed E-state index contributed by atoms with van der Waals surface area (Å²) in [5.74, 6) is 1.71. The van der Waals surface area contributed by atoms with E-state index in [1.807, 2.05) is 18.2 Å². The molecule has 1 aromatic rings. The fourth-order valence-electron chi connectivity index (χ4n) is 1.73. The molecule has 120 valence electrons. The maximum Gasteiger partial charge on any atom is 0.191 e. The van der Waals surface area contributed by atoms with Crippen molar-refractivity contribution >= 4 is 29.9 Å². The molecule has 0 aliphatic rings. The summed E-state index contributed by atoms with van der Waals surface area (Å²) >= 11 is 0. The largest absolute Gasteiger partial charge is 0.488 e. The molecular weight excluding hydrogens is 377 g/mol. The van der Waals surface area contributed by atoms with Gasteiger partial charge in [0.2, 0.25) is 0 Å². The second-order valence-electron chi connectivity index (χ2n) is 6.05. The van der Waals surface area contributed by atoms with Crippen LogP contribution in [0.25, 0.3) is 0 Å². The Bertz CT molecular complexity index is 453. The molecule has 1 aromatic carbocycles. The maximum absolute atomic E-state index is 5.98. The highest BCUT2D eigenvalue weighted by Gasteiger charge is 2.14. The number of benzene rings is 1. The van der Waals surface area contributed by atoms with Gasteiger partial charge in [0.05, 0.1) is 0 Å². The first kappa shape index (κ1) is 20.0. The van der Waals surface area contributed by atoms with Crippen LogP contribution < -0.4 is 15.4 Å². The third-order valence-electron chi connectivity index (χ3n) is 2.48. The van der Waals surface area contributed by atoms with Gasteiger partial charge in [-0.25, -0.2) is 0 Å². The first-order valence-corrected chi connectivity index (χ1v) is 7.06. The van der Waals surface area contributed by atoms with Gasteiger partial charge in [0.1, 0.15) is 11.4 Å². The third kappa shape index (κ3) is 8.14. The Hall–Kier alpha value is -0.980. The van der Waals surface area contributed by atoms with Crippen LogP contribution in [0, 0.1) is 0 Å².